The fourth-order valence-corrected chi connectivity index (χ4v) is 11.2. The number of unbranched alkanes of at least 4 members (excludes halogenated alkanes) is 25. The van der Waals surface area contributed by atoms with E-state index in [1.807, 2.05) is 0 Å². The highest BCUT2D eigenvalue weighted by atomic mass is 31.2. The molecule has 96 heavy (non-hydrogen) atoms. The van der Waals surface area contributed by atoms with Crippen LogP contribution in [0, 0.1) is 0 Å². The second kappa shape index (κ2) is 69.2. The lowest BCUT2D eigenvalue weighted by Crippen LogP contribution is -2.30. The molecule has 0 saturated heterocycles. The molecule has 19 heteroatoms. The predicted molar refractivity (Wildman–Crippen MR) is 390 cm³/mol. The molecule has 0 fully saturated rings. The predicted octanol–water partition coefficient (Wildman–Crippen LogP) is 21.0. The summed E-state index contributed by atoms with van der Waals surface area (Å²) in [6, 6.07) is 0. The van der Waals surface area contributed by atoms with Crippen LogP contribution in [0.3, 0.4) is 0 Å². The van der Waals surface area contributed by atoms with Gasteiger partial charge in [-0.2, -0.15) is 0 Å². The highest BCUT2D eigenvalue weighted by Crippen LogP contribution is 2.45. The molecule has 0 heterocycles. The Labute approximate surface area is 581 Å². The van der Waals surface area contributed by atoms with Gasteiger partial charge in [-0.3, -0.25) is 37.3 Å². The summed E-state index contributed by atoms with van der Waals surface area (Å²) in [5.74, 6) is -2.25. The summed E-state index contributed by atoms with van der Waals surface area (Å²) in [5.41, 5.74) is 0. The first kappa shape index (κ1) is 91.7. The maximum Gasteiger partial charge on any atom is 0.472 e. The van der Waals surface area contributed by atoms with Gasteiger partial charge in [-0.1, -0.05) is 253 Å². The molecule has 0 rings (SSSR count). The molecule has 0 aliphatic carbocycles. The van der Waals surface area contributed by atoms with Crippen LogP contribution in [0.5, 0.6) is 0 Å². The lowest BCUT2D eigenvalue weighted by atomic mass is 10.1. The SMILES string of the molecule is CC/C=C\C/C=C\C/C=C\C/C=C\CCCCCCC(=O)OCC(COP(=O)(O)OCC(O)COP(=O)(O)OCC(COC(=O)CCCCCCC/C=C\CCCCCC)OC(=O)CCCCCCCCCCCCC)OC(=O)CCCC/C=C\C/C=C\C/C=C\C/C=C\CC. The quantitative estimate of drug-likeness (QED) is 0.0169. The Morgan fingerprint density at radius 2 is 0.542 bits per heavy atom. The van der Waals surface area contributed by atoms with Crippen LogP contribution >= 0.6 is 15.6 Å². The van der Waals surface area contributed by atoms with Crippen molar-refractivity contribution in [2.24, 2.45) is 0 Å². The van der Waals surface area contributed by atoms with Crippen molar-refractivity contribution in [2.75, 3.05) is 39.6 Å². The Morgan fingerprint density at radius 3 is 0.875 bits per heavy atom. The molecule has 5 unspecified atom stereocenters. The Kier molecular flexibility index (Phi) is 66.1. The van der Waals surface area contributed by atoms with E-state index in [0.29, 0.717) is 32.1 Å². The van der Waals surface area contributed by atoms with Crippen molar-refractivity contribution in [3.63, 3.8) is 0 Å². The van der Waals surface area contributed by atoms with Gasteiger partial charge in [-0.25, -0.2) is 9.13 Å². The first-order chi connectivity index (χ1) is 46.7. The van der Waals surface area contributed by atoms with E-state index in [4.69, 9.17) is 37.0 Å². The van der Waals surface area contributed by atoms with E-state index in [1.54, 1.807) is 0 Å². The Hall–Kier alpha value is -4.28. The molecule has 0 aromatic heterocycles. The molecule has 3 N–H and O–H groups in total. The summed E-state index contributed by atoms with van der Waals surface area (Å²) >= 11 is 0. The first-order valence-electron chi connectivity index (χ1n) is 37.1. The van der Waals surface area contributed by atoms with Crippen LogP contribution in [-0.4, -0.2) is 96.7 Å². The molecule has 0 saturated carbocycles. The molecular weight excluding hydrogens is 1260 g/mol. The fraction of sp³-hybridized carbons (Fsp3) is 0.714. The van der Waals surface area contributed by atoms with E-state index in [-0.39, 0.29) is 25.7 Å². The molecule has 0 aromatic rings. The molecular formula is C77H132O17P2. The number of allylic oxidation sites excluding steroid dienone is 18. The van der Waals surface area contributed by atoms with Crippen LogP contribution in [-0.2, 0) is 65.4 Å². The lowest BCUT2D eigenvalue weighted by Gasteiger charge is -2.21. The maximum absolute atomic E-state index is 13.1. The number of phosphoric acid groups is 2. The van der Waals surface area contributed by atoms with Crippen molar-refractivity contribution in [1.82, 2.24) is 0 Å². The number of ether oxygens (including phenoxy) is 4. The number of carbonyl (C=O) groups is 4. The highest BCUT2D eigenvalue weighted by molar-refractivity contribution is 7.47. The number of aliphatic hydroxyl groups excluding tert-OH is 1. The van der Waals surface area contributed by atoms with Gasteiger partial charge in [-0.15, -0.1) is 0 Å². The molecule has 0 radical (unpaired) electrons. The zero-order chi connectivity index (χ0) is 70.4. The summed E-state index contributed by atoms with van der Waals surface area (Å²) in [5, 5.41) is 10.6. The van der Waals surface area contributed by atoms with Crippen LogP contribution < -0.4 is 0 Å². The number of phosphoric ester groups is 2. The van der Waals surface area contributed by atoms with Gasteiger partial charge in [0.15, 0.2) is 12.2 Å². The van der Waals surface area contributed by atoms with Gasteiger partial charge in [0, 0.05) is 25.7 Å². The van der Waals surface area contributed by atoms with Crippen molar-refractivity contribution in [2.45, 2.75) is 316 Å². The summed E-state index contributed by atoms with van der Waals surface area (Å²) in [4.78, 5) is 72.7. The minimum absolute atomic E-state index is 0.0355. The molecule has 17 nitrogen and oxygen atoms in total. The highest BCUT2D eigenvalue weighted by Gasteiger charge is 2.30. The molecule has 0 spiro atoms. The van der Waals surface area contributed by atoms with Crippen molar-refractivity contribution in [3.05, 3.63) is 109 Å². The Bertz CT molecular complexity index is 2250. The van der Waals surface area contributed by atoms with E-state index >= 15 is 0 Å². The van der Waals surface area contributed by atoms with Gasteiger partial charge >= 0.3 is 39.5 Å². The van der Waals surface area contributed by atoms with Gasteiger partial charge in [0.05, 0.1) is 26.4 Å². The zero-order valence-electron chi connectivity index (χ0n) is 60.0. The van der Waals surface area contributed by atoms with Crippen molar-refractivity contribution in [3.8, 4) is 0 Å². The van der Waals surface area contributed by atoms with E-state index in [0.717, 1.165) is 148 Å². The average Bonchev–Trinajstić information content (AvgIpc) is 2.18. The standard InChI is InChI=1S/C77H132O17P2/c1-5-9-13-17-21-25-29-32-34-35-37-39-43-46-50-54-58-62-75(80)88-68-73(94-77(82)64-60-56-52-48-44-40-36-33-30-26-22-18-14-10-6-2)70-92-96(85,86)90-66-71(78)65-89-95(83,84)91-69-72(93-76(81)63-59-55-51-47-41-28-24-20-16-12-8-4)67-87-74(79)61-57-53-49-45-42-38-31-27-23-19-15-11-7-3/h9-10,13-14,21-22,25-27,31-34,36-37,39,44,48,71-73,78H,5-8,11-12,15-20,23-24,28-30,35,38,40-43,45-47,49-70H2,1-4H3,(H,83,84)(H,85,86)/b13-9-,14-10-,25-21-,26-22-,31-27-,34-32-,36-33-,39-37-,48-44-. The van der Waals surface area contributed by atoms with Gasteiger partial charge in [0.1, 0.15) is 19.3 Å². The van der Waals surface area contributed by atoms with Crippen molar-refractivity contribution >= 4 is 39.5 Å². The summed E-state index contributed by atoms with van der Waals surface area (Å²) in [6.45, 7) is 4.54. The molecule has 0 amide bonds. The normalized spacial score (nSPS) is 14.6. The maximum atomic E-state index is 13.1. The first-order valence-corrected chi connectivity index (χ1v) is 40.1. The third-order valence-corrected chi connectivity index (χ3v) is 17.1. The molecule has 552 valence electrons. The average molecular weight is 1390 g/mol. The van der Waals surface area contributed by atoms with Crippen LogP contribution in [0.4, 0.5) is 0 Å². The van der Waals surface area contributed by atoms with Crippen LogP contribution in [0.15, 0.2) is 109 Å². The third-order valence-electron chi connectivity index (χ3n) is 15.2. The number of hydrogen-bond acceptors (Lipinski definition) is 15. The Morgan fingerprint density at radius 1 is 0.302 bits per heavy atom. The van der Waals surface area contributed by atoms with Crippen LogP contribution in [0.1, 0.15) is 297 Å². The summed E-state index contributed by atoms with van der Waals surface area (Å²) < 4.78 is 68.3. The van der Waals surface area contributed by atoms with Gasteiger partial charge in [0.2, 0.25) is 0 Å². The number of carbonyl (C=O) groups excluding carboxylic acids is 4. The number of aliphatic hydroxyl groups is 1. The monoisotopic (exact) mass is 1390 g/mol. The van der Waals surface area contributed by atoms with E-state index in [2.05, 4.69) is 137 Å². The smallest absolute Gasteiger partial charge is 0.462 e. The van der Waals surface area contributed by atoms with Crippen molar-refractivity contribution in [1.29, 1.82) is 0 Å². The fourth-order valence-electron chi connectivity index (χ4n) is 9.61. The number of hydrogen-bond donors (Lipinski definition) is 3. The summed E-state index contributed by atoms with van der Waals surface area (Å²) in [6.07, 6.45) is 72.4. The second-order valence-corrected chi connectivity index (χ2v) is 27.4. The number of esters is 4. The van der Waals surface area contributed by atoms with Crippen molar-refractivity contribution < 1.29 is 80.2 Å². The van der Waals surface area contributed by atoms with Crippen LogP contribution in [0.2, 0.25) is 0 Å². The summed E-state index contributed by atoms with van der Waals surface area (Å²) in [7, 11) is -9.96. The molecule has 0 aliphatic rings. The molecule has 0 aliphatic heterocycles. The second-order valence-electron chi connectivity index (χ2n) is 24.5. The lowest BCUT2D eigenvalue weighted by molar-refractivity contribution is -0.161. The van der Waals surface area contributed by atoms with Gasteiger partial charge in [-0.05, 0) is 128 Å². The molecule has 0 aromatic carbocycles. The Balaban J connectivity index is 5.39. The zero-order valence-corrected chi connectivity index (χ0v) is 61.8. The topological polar surface area (TPSA) is 237 Å². The van der Waals surface area contributed by atoms with E-state index in [9.17, 15) is 43.2 Å². The minimum Gasteiger partial charge on any atom is -0.462 e. The minimum atomic E-state index is -4.99. The third kappa shape index (κ3) is 68.3. The molecule has 5 atom stereocenters. The van der Waals surface area contributed by atoms with E-state index in [1.165, 1.54) is 64.2 Å². The largest absolute Gasteiger partial charge is 0.472 e. The van der Waals surface area contributed by atoms with Gasteiger partial charge < -0.3 is 33.8 Å². The van der Waals surface area contributed by atoms with Gasteiger partial charge in [0.25, 0.3) is 0 Å². The van der Waals surface area contributed by atoms with E-state index < -0.39 is 97.5 Å². The van der Waals surface area contributed by atoms with Crippen LogP contribution in [0.25, 0.3) is 0 Å². The number of rotatable bonds is 69. The molecule has 0 bridgehead atoms.